The van der Waals surface area contributed by atoms with Gasteiger partial charge in [0.1, 0.15) is 5.82 Å². The number of fused-ring (bicyclic) bond motifs is 1. The van der Waals surface area contributed by atoms with E-state index in [4.69, 9.17) is 0 Å². The van der Waals surface area contributed by atoms with Crippen LogP contribution in [0.5, 0.6) is 0 Å². The third-order valence-electron chi connectivity index (χ3n) is 3.41. The average Bonchev–Trinajstić information content (AvgIpc) is 2.94. The molecule has 2 aromatic carbocycles. The second-order valence-electron chi connectivity index (χ2n) is 4.73. The van der Waals surface area contributed by atoms with E-state index in [1.54, 1.807) is 17.4 Å². The lowest BCUT2D eigenvalue weighted by atomic mass is 10.0. The van der Waals surface area contributed by atoms with Crippen molar-refractivity contribution in [3.05, 3.63) is 59.2 Å². The van der Waals surface area contributed by atoms with Gasteiger partial charge in [0.05, 0.1) is 0 Å². The van der Waals surface area contributed by atoms with Gasteiger partial charge in [0.15, 0.2) is 0 Å². The van der Waals surface area contributed by atoms with Gasteiger partial charge in [-0.3, -0.25) is 0 Å². The molecule has 3 heteroatoms. The van der Waals surface area contributed by atoms with Crippen LogP contribution in [0.25, 0.3) is 21.2 Å². The second kappa shape index (κ2) is 5.73. The molecule has 0 atom stereocenters. The van der Waals surface area contributed by atoms with Crippen LogP contribution in [0.2, 0.25) is 0 Å². The maximum Gasteiger partial charge on any atom is 0.128 e. The fourth-order valence-electron chi connectivity index (χ4n) is 2.34. The summed E-state index contributed by atoms with van der Waals surface area (Å²) in [7, 11) is 0. The van der Waals surface area contributed by atoms with Crippen LogP contribution in [0.3, 0.4) is 0 Å². The molecular weight excluding hydrogens is 269 g/mol. The average molecular weight is 285 g/mol. The van der Waals surface area contributed by atoms with Crippen LogP contribution in [0.15, 0.2) is 47.8 Å². The highest BCUT2D eigenvalue weighted by Gasteiger charge is 2.08. The van der Waals surface area contributed by atoms with E-state index in [-0.39, 0.29) is 5.82 Å². The van der Waals surface area contributed by atoms with Crippen LogP contribution in [0.1, 0.15) is 12.5 Å². The van der Waals surface area contributed by atoms with Crippen molar-refractivity contribution in [2.45, 2.75) is 13.5 Å². The molecule has 0 amide bonds. The van der Waals surface area contributed by atoms with Gasteiger partial charge in [0.25, 0.3) is 0 Å². The van der Waals surface area contributed by atoms with E-state index in [9.17, 15) is 4.39 Å². The lowest BCUT2D eigenvalue weighted by molar-refractivity contribution is 0.594. The van der Waals surface area contributed by atoms with E-state index >= 15 is 0 Å². The standard InChI is InChI=1S/C17H16FNS/c1-2-19-11-14-7-6-13(10-16(14)18)15-5-3-4-12-8-9-20-17(12)15/h3-10,19H,2,11H2,1H3. The van der Waals surface area contributed by atoms with Crippen molar-refractivity contribution >= 4 is 21.4 Å². The first-order chi connectivity index (χ1) is 9.79. The molecule has 20 heavy (non-hydrogen) atoms. The molecule has 102 valence electrons. The SMILES string of the molecule is CCNCc1ccc(-c2cccc3ccsc23)cc1F. The minimum Gasteiger partial charge on any atom is -0.313 e. The highest BCUT2D eigenvalue weighted by molar-refractivity contribution is 7.17. The first-order valence-corrected chi connectivity index (χ1v) is 7.63. The van der Waals surface area contributed by atoms with E-state index < -0.39 is 0 Å². The molecule has 0 unspecified atom stereocenters. The van der Waals surface area contributed by atoms with E-state index in [0.717, 1.165) is 17.7 Å². The third kappa shape index (κ3) is 2.47. The van der Waals surface area contributed by atoms with Crippen molar-refractivity contribution < 1.29 is 4.39 Å². The number of thiophene rings is 1. The molecule has 3 rings (SSSR count). The van der Waals surface area contributed by atoms with Crippen LogP contribution in [0.4, 0.5) is 4.39 Å². The largest absolute Gasteiger partial charge is 0.313 e. The topological polar surface area (TPSA) is 12.0 Å². The minimum atomic E-state index is -0.142. The Labute approximate surface area is 122 Å². The third-order valence-corrected chi connectivity index (χ3v) is 4.37. The summed E-state index contributed by atoms with van der Waals surface area (Å²) in [6.45, 7) is 3.44. The molecule has 1 aromatic heterocycles. The van der Waals surface area contributed by atoms with Crippen molar-refractivity contribution in [1.82, 2.24) is 5.32 Å². The number of hydrogen-bond acceptors (Lipinski definition) is 2. The van der Waals surface area contributed by atoms with Crippen LogP contribution >= 0.6 is 11.3 Å². The molecule has 0 aliphatic heterocycles. The van der Waals surface area contributed by atoms with Gasteiger partial charge in [-0.25, -0.2) is 4.39 Å². The molecule has 0 saturated carbocycles. The summed E-state index contributed by atoms with van der Waals surface area (Å²) in [5.74, 6) is -0.142. The maximum absolute atomic E-state index is 14.1. The van der Waals surface area contributed by atoms with Crippen molar-refractivity contribution in [3.63, 3.8) is 0 Å². The Kier molecular flexibility index (Phi) is 3.81. The van der Waals surface area contributed by atoms with Gasteiger partial charge < -0.3 is 5.32 Å². The Morgan fingerprint density at radius 3 is 2.85 bits per heavy atom. The maximum atomic E-state index is 14.1. The summed E-state index contributed by atoms with van der Waals surface area (Å²) in [6, 6.07) is 13.8. The first-order valence-electron chi connectivity index (χ1n) is 6.75. The quantitative estimate of drug-likeness (QED) is 0.725. The Morgan fingerprint density at radius 1 is 1.15 bits per heavy atom. The monoisotopic (exact) mass is 285 g/mol. The van der Waals surface area contributed by atoms with Crippen LogP contribution in [-0.4, -0.2) is 6.54 Å². The van der Waals surface area contributed by atoms with Gasteiger partial charge in [-0.15, -0.1) is 11.3 Å². The van der Waals surface area contributed by atoms with Crippen molar-refractivity contribution in [1.29, 1.82) is 0 Å². The van der Waals surface area contributed by atoms with Crippen LogP contribution in [-0.2, 0) is 6.54 Å². The highest BCUT2D eigenvalue weighted by Crippen LogP contribution is 2.33. The molecule has 1 nitrogen and oxygen atoms in total. The lowest BCUT2D eigenvalue weighted by Gasteiger charge is -2.08. The summed E-state index contributed by atoms with van der Waals surface area (Å²) in [4.78, 5) is 0. The molecule has 0 aliphatic carbocycles. The molecular formula is C17H16FNS. The molecule has 0 bridgehead atoms. The van der Waals surface area contributed by atoms with Crippen LogP contribution in [0, 0.1) is 5.82 Å². The Bertz CT molecular complexity index is 733. The van der Waals surface area contributed by atoms with Crippen molar-refractivity contribution in [3.8, 4) is 11.1 Å². The van der Waals surface area contributed by atoms with Gasteiger partial charge in [-0.2, -0.15) is 0 Å². The molecule has 3 aromatic rings. The predicted octanol–water partition coefficient (Wildman–Crippen LogP) is 4.82. The minimum absolute atomic E-state index is 0.142. The number of hydrogen-bond donors (Lipinski definition) is 1. The molecule has 0 aliphatic rings. The summed E-state index contributed by atoms with van der Waals surface area (Å²) in [5.41, 5.74) is 2.76. The summed E-state index contributed by atoms with van der Waals surface area (Å²) < 4.78 is 15.4. The first kappa shape index (κ1) is 13.3. The van der Waals surface area contributed by atoms with E-state index in [2.05, 4.69) is 28.9 Å². The summed E-state index contributed by atoms with van der Waals surface area (Å²) in [5, 5.41) is 6.44. The number of benzene rings is 2. The van der Waals surface area contributed by atoms with Gasteiger partial charge in [-0.05, 0) is 40.6 Å². The zero-order valence-electron chi connectivity index (χ0n) is 11.3. The summed E-state index contributed by atoms with van der Waals surface area (Å²) >= 11 is 1.70. The van der Waals surface area contributed by atoms with Crippen LogP contribution < -0.4 is 5.32 Å². The van der Waals surface area contributed by atoms with Crippen molar-refractivity contribution in [2.24, 2.45) is 0 Å². The Balaban J connectivity index is 2.02. The van der Waals surface area contributed by atoms with Crippen molar-refractivity contribution in [2.75, 3.05) is 6.54 Å². The van der Waals surface area contributed by atoms with E-state index in [1.807, 2.05) is 25.1 Å². The summed E-state index contributed by atoms with van der Waals surface area (Å²) in [6.07, 6.45) is 0. The predicted molar refractivity (Wildman–Crippen MR) is 84.6 cm³/mol. The highest BCUT2D eigenvalue weighted by atomic mass is 32.1. The van der Waals surface area contributed by atoms with E-state index in [0.29, 0.717) is 12.1 Å². The fourth-order valence-corrected chi connectivity index (χ4v) is 3.27. The molecule has 1 N–H and O–H groups in total. The molecule has 0 spiro atoms. The Morgan fingerprint density at radius 2 is 2.05 bits per heavy atom. The Hall–Kier alpha value is -1.71. The number of nitrogens with one attached hydrogen (secondary N) is 1. The zero-order valence-corrected chi connectivity index (χ0v) is 12.1. The van der Waals surface area contributed by atoms with Gasteiger partial charge >= 0.3 is 0 Å². The smallest absolute Gasteiger partial charge is 0.128 e. The van der Waals surface area contributed by atoms with Gasteiger partial charge in [0.2, 0.25) is 0 Å². The number of rotatable bonds is 4. The fraction of sp³-hybridized carbons (Fsp3) is 0.176. The zero-order chi connectivity index (χ0) is 13.9. The molecule has 0 radical (unpaired) electrons. The lowest BCUT2D eigenvalue weighted by Crippen LogP contribution is -2.12. The van der Waals surface area contributed by atoms with E-state index in [1.165, 1.54) is 10.1 Å². The molecule has 0 fully saturated rings. The normalized spacial score (nSPS) is 11.1. The second-order valence-corrected chi connectivity index (χ2v) is 5.65. The molecule has 0 saturated heterocycles. The van der Waals surface area contributed by atoms with Gasteiger partial charge in [-0.1, -0.05) is 37.3 Å². The number of halogens is 1. The molecule has 1 heterocycles. The van der Waals surface area contributed by atoms with Gasteiger partial charge in [0, 0.05) is 16.8 Å².